The molecule has 0 amide bonds. The minimum Gasteiger partial charge on any atom is -0.379 e. The van der Waals surface area contributed by atoms with Crippen LogP contribution in [0.4, 0.5) is 4.39 Å². The van der Waals surface area contributed by atoms with E-state index in [2.05, 4.69) is 39.5 Å². The lowest BCUT2D eigenvalue weighted by atomic mass is 10.0. The fourth-order valence-corrected chi connectivity index (χ4v) is 3.66. The van der Waals surface area contributed by atoms with Gasteiger partial charge in [-0.3, -0.25) is 9.89 Å². The van der Waals surface area contributed by atoms with Crippen LogP contribution in [-0.4, -0.2) is 73.1 Å². The Kier molecular flexibility index (Phi) is 8.21. The first-order chi connectivity index (χ1) is 14.6. The van der Waals surface area contributed by atoms with E-state index >= 15 is 0 Å². The molecular formula is C22H33FN6O. The molecule has 8 heteroatoms. The minimum absolute atomic E-state index is 0.248. The van der Waals surface area contributed by atoms with Gasteiger partial charge >= 0.3 is 0 Å². The largest absolute Gasteiger partial charge is 0.379 e. The predicted octanol–water partition coefficient (Wildman–Crippen LogP) is 2.08. The number of benzene rings is 1. The summed E-state index contributed by atoms with van der Waals surface area (Å²) in [7, 11) is 1.79. The van der Waals surface area contributed by atoms with Crippen LogP contribution in [0.1, 0.15) is 19.5 Å². The zero-order chi connectivity index (χ0) is 21.3. The summed E-state index contributed by atoms with van der Waals surface area (Å²) < 4.78 is 20.3. The van der Waals surface area contributed by atoms with Crippen LogP contribution < -0.4 is 10.6 Å². The monoisotopic (exact) mass is 416 g/mol. The average molecular weight is 417 g/mol. The fraction of sp³-hybridized carbons (Fsp3) is 0.545. The molecule has 2 N–H and O–H groups in total. The van der Waals surface area contributed by atoms with Crippen LogP contribution in [0.15, 0.2) is 41.5 Å². The second kappa shape index (κ2) is 11.1. The first-order valence-corrected chi connectivity index (χ1v) is 10.6. The van der Waals surface area contributed by atoms with Gasteiger partial charge in [0.1, 0.15) is 5.82 Å². The summed E-state index contributed by atoms with van der Waals surface area (Å²) in [6.45, 7) is 9.66. The van der Waals surface area contributed by atoms with Crippen molar-refractivity contribution in [3.8, 4) is 5.69 Å². The SMILES string of the molecule is CN=C(NCCc1ccn(-c2ccc(F)cc2)n1)NCC(C(C)C)N1CCOCC1. The number of morpholine rings is 1. The molecule has 1 fully saturated rings. The highest BCUT2D eigenvalue weighted by molar-refractivity contribution is 5.79. The molecule has 1 unspecified atom stereocenters. The first-order valence-electron chi connectivity index (χ1n) is 10.6. The molecule has 0 aliphatic carbocycles. The van der Waals surface area contributed by atoms with Crippen LogP contribution in [0.3, 0.4) is 0 Å². The van der Waals surface area contributed by atoms with Gasteiger partial charge in [0.05, 0.1) is 24.6 Å². The zero-order valence-corrected chi connectivity index (χ0v) is 18.1. The Morgan fingerprint density at radius 1 is 1.17 bits per heavy atom. The van der Waals surface area contributed by atoms with Gasteiger partial charge in [0.15, 0.2) is 5.96 Å². The van der Waals surface area contributed by atoms with E-state index < -0.39 is 0 Å². The zero-order valence-electron chi connectivity index (χ0n) is 18.1. The maximum absolute atomic E-state index is 13.1. The van der Waals surface area contributed by atoms with Gasteiger partial charge in [-0.1, -0.05) is 13.8 Å². The van der Waals surface area contributed by atoms with Gasteiger partial charge in [-0.25, -0.2) is 9.07 Å². The topological polar surface area (TPSA) is 66.7 Å². The van der Waals surface area contributed by atoms with E-state index in [1.54, 1.807) is 23.9 Å². The number of aromatic nitrogens is 2. The summed E-state index contributed by atoms with van der Waals surface area (Å²) in [5.74, 6) is 1.10. The van der Waals surface area contributed by atoms with Crippen molar-refractivity contribution in [3.63, 3.8) is 0 Å². The van der Waals surface area contributed by atoms with Crippen molar-refractivity contribution in [2.45, 2.75) is 26.3 Å². The molecule has 164 valence electrons. The third-order valence-electron chi connectivity index (χ3n) is 5.40. The summed E-state index contributed by atoms with van der Waals surface area (Å²) in [6, 6.07) is 8.74. The molecule has 30 heavy (non-hydrogen) atoms. The normalized spacial score (nSPS) is 16.6. The molecule has 1 aromatic heterocycles. The quantitative estimate of drug-likeness (QED) is 0.510. The number of halogens is 1. The number of rotatable bonds is 8. The van der Waals surface area contributed by atoms with Crippen LogP contribution in [0.25, 0.3) is 5.69 Å². The van der Waals surface area contributed by atoms with Crippen molar-refractivity contribution in [2.75, 3.05) is 46.4 Å². The second-order valence-electron chi connectivity index (χ2n) is 7.82. The summed E-state index contributed by atoms with van der Waals surface area (Å²) in [6.07, 6.45) is 2.66. The highest BCUT2D eigenvalue weighted by Gasteiger charge is 2.23. The van der Waals surface area contributed by atoms with Crippen LogP contribution in [0, 0.1) is 11.7 Å². The molecular weight excluding hydrogens is 383 g/mol. The molecule has 1 atom stereocenters. The molecule has 0 radical (unpaired) electrons. The van der Waals surface area contributed by atoms with E-state index in [0.29, 0.717) is 12.0 Å². The molecule has 2 aromatic rings. The number of nitrogens with one attached hydrogen (secondary N) is 2. The van der Waals surface area contributed by atoms with Gasteiger partial charge in [-0.15, -0.1) is 0 Å². The van der Waals surface area contributed by atoms with E-state index in [1.807, 2.05) is 12.3 Å². The Morgan fingerprint density at radius 2 is 1.90 bits per heavy atom. The second-order valence-corrected chi connectivity index (χ2v) is 7.82. The highest BCUT2D eigenvalue weighted by atomic mass is 19.1. The van der Waals surface area contributed by atoms with Gasteiger partial charge in [-0.05, 0) is 36.2 Å². The van der Waals surface area contributed by atoms with Gasteiger partial charge in [0, 0.05) is 51.9 Å². The Balaban J connectivity index is 1.45. The summed E-state index contributed by atoms with van der Waals surface area (Å²) >= 11 is 0. The van der Waals surface area contributed by atoms with E-state index in [-0.39, 0.29) is 5.82 Å². The van der Waals surface area contributed by atoms with Crippen molar-refractivity contribution >= 4 is 5.96 Å². The Bertz CT molecular complexity index is 798. The number of guanidine groups is 1. The Labute approximate surface area is 178 Å². The first kappa shape index (κ1) is 22.2. The molecule has 2 heterocycles. The summed E-state index contributed by atoms with van der Waals surface area (Å²) in [5, 5.41) is 11.4. The molecule has 1 aliphatic heterocycles. The van der Waals surface area contributed by atoms with Gasteiger partial charge in [0.2, 0.25) is 0 Å². The maximum atomic E-state index is 13.1. The number of ether oxygens (including phenoxy) is 1. The van der Waals surface area contributed by atoms with E-state index in [0.717, 1.165) is 63.2 Å². The van der Waals surface area contributed by atoms with Gasteiger partial charge < -0.3 is 15.4 Å². The van der Waals surface area contributed by atoms with Crippen molar-refractivity contribution in [2.24, 2.45) is 10.9 Å². The molecule has 0 spiro atoms. The Morgan fingerprint density at radius 3 is 2.57 bits per heavy atom. The van der Waals surface area contributed by atoms with Gasteiger partial charge in [0.25, 0.3) is 0 Å². The molecule has 1 aromatic carbocycles. The van der Waals surface area contributed by atoms with Crippen LogP contribution in [0.2, 0.25) is 0 Å². The molecule has 1 aliphatic rings. The Hall–Kier alpha value is -2.45. The standard InChI is InChI=1S/C22H33FN6O/c1-17(2)21(28-12-14-30-15-13-28)16-26-22(24-3)25-10-8-19-9-11-29(27-19)20-6-4-18(23)5-7-20/h4-7,9,11,17,21H,8,10,12-16H2,1-3H3,(H2,24,25,26). The summed E-state index contributed by atoms with van der Waals surface area (Å²) in [5.41, 5.74) is 1.81. The maximum Gasteiger partial charge on any atom is 0.191 e. The molecule has 0 bridgehead atoms. The molecule has 7 nitrogen and oxygen atoms in total. The lowest BCUT2D eigenvalue weighted by Crippen LogP contribution is -2.52. The smallest absolute Gasteiger partial charge is 0.191 e. The highest BCUT2D eigenvalue weighted by Crippen LogP contribution is 2.12. The van der Waals surface area contributed by atoms with Crippen LogP contribution >= 0.6 is 0 Å². The third-order valence-corrected chi connectivity index (χ3v) is 5.40. The van der Waals surface area contributed by atoms with Crippen LogP contribution in [-0.2, 0) is 11.2 Å². The lowest BCUT2D eigenvalue weighted by molar-refractivity contribution is 0.00752. The molecule has 0 saturated carbocycles. The number of hydrogen-bond acceptors (Lipinski definition) is 4. The van der Waals surface area contributed by atoms with Crippen molar-refractivity contribution in [1.82, 2.24) is 25.3 Å². The van der Waals surface area contributed by atoms with E-state index in [9.17, 15) is 4.39 Å². The van der Waals surface area contributed by atoms with Crippen molar-refractivity contribution in [3.05, 3.63) is 48.0 Å². The van der Waals surface area contributed by atoms with E-state index in [1.165, 1.54) is 12.1 Å². The fourth-order valence-electron chi connectivity index (χ4n) is 3.66. The predicted molar refractivity (Wildman–Crippen MR) is 118 cm³/mol. The van der Waals surface area contributed by atoms with Crippen LogP contribution in [0.5, 0.6) is 0 Å². The molecule has 3 rings (SSSR count). The molecule has 1 saturated heterocycles. The van der Waals surface area contributed by atoms with Crippen molar-refractivity contribution < 1.29 is 9.13 Å². The third kappa shape index (κ3) is 6.27. The van der Waals surface area contributed by atoms with Crippen molar-refractivity contribution in [1.29, 1.82) is 0 Å². The van der Waals surface area contributed by atoms with E-state index in [4.69, 9.17) is 4.74 Å². The van der Waals surface area contributed by atoms with Gasteiger partial charge in [-0.2, -0.15) is 5.10 Å². The number of hydrogen-bond donors (Lipinski definition) is 2. The number of aliphatic imine (C=N–C) groups is 1. The average Bonchev–Trinajstić information content (AvgIpc) is 3.22. The minimum atomic E-state index is -0.248. The number of nitrogens with zero attached hydrogens (tertiary/aromatic N) is 4. The summed E-state index contributed by atoms with van der Waals surface area (Å²) in [4.78, 5) is 6.84. The lowest BCUT2D eigenvalue weighted by Gasteiger charge is -2.37.